The molecule has 0 spiro atoms. The molecule has 0 aromatic heterocycles. The van der Waals surface area contributed by atoms with E-state index in [1.165, 1.54) is 5.56 Å². The van der Waals surface area contributed by atoms with Crippen LogP contribution >= 0.6 is 22.6 Å². The van der Waals surface area contributed by atoms with Crippen molar-refractivity contribution in [2.45, 2.75) is 35.5 Å². The largest absolute Gasteiger partial charge is 0.250 e. The molecule has 0 N–H and O–H groups in total. The summed E-state index contributed by atoms with van der Waals surface area (Å²) < 4.78 is 12.5. The fraction of sp³-hybridized carbons (Fsp3) is 0.385. The Balaban J connectivity index is 2.49. The van der Waals surface area contributed by atoms with E-state index >= 15 is 0 Å². The van der Waals surface area contributed by atoms with Crippen LogP contribution < -0.4 is 0 Å². The van der Waals surface area contributed by atoms with E-state index in [1.807, 2.05) is 37.3 Å². The van der Waals surface area contributed by atoms with E-state index in [0.29, 0.717) is 3.92 Å². The zero-order valence-electron chi connectivity index (χ0n) is 9.65. The van der Waals surface area contributed by atoms with Crippen LogP contribution in [-0.4, -0.2) is 8.13 Å². The third-order valence-electron chi connectivity index (χ3n) is 2.20. The second-order valence-electron chi connectivity index (χ2n) is 3.84. The molecule has 0 radical (unpaired) electrons. The van der Waals surface area contributed by atoms with E-state index < -0.39 is 10.8 Å². The summed E-state index contributed by atoms with van der Waals surface area (Å²) in [6.45, 7) is 4.22. The molecule has 2 atom stereocenters. The maximum Gasteiger partial charge on any atom is 0.0772 e. The number of allylic oxidation sites excluding steroid dienone is 1. The normalized spacial score (nSPS) is 15.2. The average Bonchev–Trinajstić information content (AvgIpc) is 2.25. The van der Waals surface area contributed by atoms with Crippen LogP contribution in [0.2, 0.25) is 0 Å². The minimum Gasteiger partial charge on any atom is -0.250 e. The first-order valence-electron chi connectivity index (χ1n) is 5.37. The summed E-state index contributed by atoms with van der Waals surface area (Å²) in [5, 5.41) is 1.80. The summed E-state index contributed by atoms with van der Waals surface area (Å²) in [6.07, 6.45) is 4.16. The van der Waals surface area contributed by atoms with Crippen molar-refractivity contribution in [3.05, 3.63) is 41.3 Å². The van der Waals surface area contributed by atoms with Crippen LogP contribution in [0.4, 0.5) is 0 Å². The summed E-state index contributed by atoms with van der Waals surface area (Å²) in [5.74, 6) is 0. The number of hydrogen-bond donors (Lipinski definition) is 0. The van der Waals surface area contributed by atoms with Gasteiger partial charge < -0.3 is 0 Å². The van der Waals surface area contributed by atoms with Gasteiger partial charge in [0.25, 0.3) is 0 Å². The third-order valence-corrected chi connectivity index (χ3v) is 4.00. The molecule has 1 rings (SSSR count). The molecule has 0 bridgehead atoms. The monoisotopic (exact) mass is 348 g/mol. The fourth-order valence-electron chi connectivity index (χ4n) is 1.23. The molecular formula is C13H17IOS. The molecule has 0 aliphatic carbocycles. The molecule has 1 aromatic rings. The van der Waals surface area contributed by atoms with E-state index in [9.17, 15) is 4.21 Å². The van der Waals surface area contributed by atoms with Gasteiger partial charge in [-0.15, -0.1) is 0 Å². The molecule has 2 unspecified atom stereocenters. The molecular weight excluding hydrogens is 331 g/mol. The predicted molar refractivity (Wildman–Crippen MR) is 79.4 cm³/mol. The zero-order chi connectivity index (χ0) is 12.0. The Morgan fingerprint density at radius 2 is 2.00 bits per heavy atom. The Bertz CT molecular complexity index is 368. The number of benzene rings is 1. The van der Waals surface area contributed by atoms with Crippen LogP contribution in [0.1, 0.15) is 25.3 Å². The zero-order valence-corrected chi connectivity index (χ0v) is 12.6. The van der Waals surface area contributed by atoms with Crippen molar-refractivity contribution in [3.8, 4) is 0 Å². The molecule has 0 aliphatic rings. The van der Waals surface area contributed by atoms with Gasteiger partial charge in [-0.05, 0) is 31.9 Å². The summed E-state index contributed by atoms with van der Waals surface area (Å²) in [5.41, 5.74) is 1.20. The smallest absolute Gasteiger partial charge is 0.0772 e. The van der Waals surface area contributed by atoms with Crippen molar-refractivity contribution in [1.29, 1.82) is 0 Å². The highest BCUT2D eigenvalue weighted by atomic mass is 127. The molecule has 3 heteroatoms. The van der Waals surface area contributed by atoms with Gasteiger partial charge in [-0.3, -0.25) is 0 Å². The standard InChI is InChI=1S/C13H17IOS/c1-11-6-8-13(9-7-11)16(15)10-4-3-5-12(2)14/h4,6-10,12H,3,5H2,1-2H3/b10-4+. The Morgan fingerprint density at radius 3 is 2.56 bits per heavy atom. The van der Waals surface area contributed by atoms with Crippen molar-refractivity contribution in [2.75, 3.05) is 0 Å². The first kappa shape index (κ1) is 13.9. The van der Waals surface area contributed by atoms with Gasteiger partial charge in [0.15, 0.2) is 0 Å². The van der Waals surface area contributed by atoms with E-state index in [4.69, 9.17) is 0 Å². The summed E-state index contributed by atoms with van der Waals surface area (Å²) >= 11 is 2.40. The third kappa shape index (κ3) is 5.25. The lowest BCUT2D eigenvalue weighted by Gasteiger charge is -1.99. The van der Waals surface area contributed by atoms with Crippen LogP contribution in [0.3, 0.4) is 0 Å². The number of hydrogen-bond acceptors (Lipinski definition) is 1. The lowest BCUT2D eigenvalue weighted by Crippen LogP contribution is -1.88. The van der Waals surface area contributed by atoms with E-state index in [0.717, 1.165) is 17.7 Å². The van der Waals surface area contributed by atoms with Gasteiger partial charge in [0.05, 0.1) is 10.8 Å². The van der Waals surface area contributed by atoms with Crippen molar-refractivity contribution in [1.82, 2.24) is 0 Å². The maximum atomic E-state index is 11.8. The Hall–Kier alpha value is -0.160. The molecule has 0 amide bonds. The molecule has 1 nitrogen and oxygen atoms in total. The van der Waals surface area contributed by atoms with Crippen LogP contribution in [0.15, 0.2) is 40.6 Å². The van der Waals surface area contributed by atoms with Gasteiger partial charge >= 0.3 is 0 Å². The first-order valence-corrected chi connectivity index (χ1v) is 7.83. The van der Waals surface area contributed by atoms with Crippen LogP contribution in [0.5, 0.6) is 0 Å². The summed E-state index contributed by atoms with van der Waals surface area (Å²) in [4.78, 5) is 0.879. The minimum atomic E-state index is -0.989. The highest BCUT2D eigenvalue weighted by molar-refractivity contribution is 14.1. The Kier molecular flexibility index (Phi) is 6.28. The van der Waals surface area contributed by atoms with Crippen molar-refractivity contribution < 1.29 is 4.21 Å². The molecule has 0 saturated carbocycles. The molecule has 0 heterocycles. The SMILES string of the molecule is Cc1ccc(S(=O)/C=C/CCC(C)I)cc1. The molecule has 1 aromatic carbocycles. The second-order valence-corrected chi connectivity index (χ2v) is 7.31. The summed E-state index contributed by atoms with van der Waals surface area (Å²) in [7, 11) is -0.989. The van der Waals surface area contributed by atoms with Gasteiger partial charge in [-0.25, -0.2) is 4.21 Å². The fourth-order valence-corrected chi connectivity index (χ4v) is 2.46. The van der Waals surface area contributed by atoms with Crippen molar-refractivity contribution >= 4 is 33.4 Å². The van der Waals surface area contributed by atoms with Gasteiger partial charge in [0, 0.05) is 14.2 Å². The minimum absolute atomic E-state index is 0.676. The molecule has 0 saturated heterocycles. The van der Waals surface area contributed by atoms with Crippen molar-refractivity contribution in [3.63, 3.8) is 0 Å². The van der Waals surface area contributed by atoms with Crippen molar-refractivity contribution in [2.24, 2.45) is 0 Å². The number of alkyl halides is 1. The molecule has 0 aliphatic heterocycles. The molecule has 16 heavy (non-hydrogen) atoms. The van der Waals surface area contributed by atoms with Gasteiger partial charge in [-0.2, -0.15) is 0 Å². The lowest BCUT2D eigenvalue weighted by molar-refractivity contribution is 0.688. The van der Waals surface area contributed by atoms with E-state index in [2.05, 4.69) is 29.5 Å². The molecule has 88 valence electrons. The number of aryl methyl sites for hydroxylation is 1. The molecule has 0 fully saturated rings. The highest BCUT2D eigenvalue weighted by Crippen LogP contribution is 2.11. The average molecular weight is 348 g/mol. The number of halogens is 1. The Morgan fingerprint density at radius 1 is 1.38 bits per heavy atom. The quantitative estimate of drug-likeness (QED) is 0.575. The topological polar surface area (TPSA) is 17.1 Å². The van der Waals surface area contributed by atoms with Crippen LogP contribution in [-0.2, 0) is 10.8 Å². The van der Waals surface area contributed by atoms with Gasteiger partial charge in [-0.1, -0.05) is 53.3 Å². The van der Waals surface area contributed by atoms with Gasteiger partial charge in [0.1, 0.15) is 0 Å². The Labute approximate surface area is 114 Å². The lowest BCUT2D eigenvalue weighted by atomic mass is 10.2. The van der Waals surface area contributed by atoms with Gasteiger partial charge in [0.2, 0.25) is 0 Å². The number of rotatable bonds is 5. The highest BCUT2D eigenvalue weighted by Gasteiger charge is 1.98. The van der Waals surface area contributed by atoms with Crippen LogP contribution in [0, 0.1) is 6.92 Å². The maximum absolute atomic E-state index is 11.8. The second kappa shape index (κ2) is 7.22. The summed E-state index contributed by atoms with van der Waals surface area (Å²) in [6, 6.07) is 7.84. The van der Waals surface area contributed by atoms with E-state index in [-0.39, 0.29) is 0 Å². The van der Waals surface area contributed by atoms with Crippen LogP contribution in [0.25, 0.3) is 0 Å². The van der Waals surface area contributed by atoms with E-state index in [1.54, 1.807) is 5.41 Å². The first-order chi connectivity index (χ1) is 7.59. The predicted octanol–water partition coefficient (Wildman–Crippen LogP) is 4.22.